The van der Waals surface area contributed by atoms with Crippen molar-refractivity contribution in [1.82, 2.24) is 9.55 Å². The molecule has 0 aliphatic rings. The maximum Gasteiger partial charge on any atom is 0.358 e. The van der Waals surface area contributed by atoms with Gasteiger partial charge >= 0.3 is 11.9 Å². The van der Waals surface area contributed by atoms with Crippen LogP contribution in [0.15, 0.2) is 35.1 Å². The number of carbonyl (C=O) groups is 2. The van der Waals surface area contributed by atoms with Crippen LogP contribution in [0, 0.1) is 0 Å². The maximum absolute atomic E-state index is 12.5. The number of nitrogens with zero attached hydrogens (tertiary/aromatic N) is 2. The molecule has 0 unspecified atom stereocenters. The van der Waals surface area contributed by atoms with Gasteiger partial charge in [0.1, 0.15) is 5.82 Å². The first-order valence-corrected chi connectivity index (χ1v) is 7.55. The molecule has 2 aromatic rings. The molecule has 0 bridgehead atoms. The second-order valence-electron chi connectivity index (χ2n) is 5.24. The minimum atomic E-state index is -1.49. The molecule has 0 radical (unpaired) electrons. The van der Waals surface area contributed by atoms with Gasteiger partial charge in [0.2, 0.25) is 5.75 Å². The van der Waals surface area contributed by atoms with Crippen LogP contribution in [0.2, 0.25) is 0 Å². The molecule has 9 heteroatoms. The Balaban J connectivity index is 2.46. The summed E-state index contributed by atoms with van der Waals surface area (Å²) in [4.78, 5) is 40.2. The van der Waals surface area contributed by atoms with Gasteiger partial charge in [0, 0.05) is 21.3 Å². The van der Waals surface area contributed by atoms with Crippen molar-refractivity contribution in [2.24, 2.45) is 7.05 Å². The molecule has 0 saturated heterocycles. The van der Waals surface area contributed by atoms with E-state index in [1.807, 2.05) is 0 Å². The zero-order valence-electron chi connectivity index (χ0n) is 14.5. The van der Waals surface area contributed by atoms with Gasteiger partial charge in [-0.25, -0.2) is 14.6 Å². The lowest BCUT2D eigenvalue weighted by Gasteiger charge is -2.16. The Morgan fingerprint density at radius 3 is 2.35 bits per heavy atom. The zero-order chi connectivity index (χ0) is 19.3. The lowest BCUT2D eigenvalue weighted by molar-refractivity contribution is -0.102. The van der Waals surface area contributed by atoms with E-state index in [0.717, 1.165) is 4.57 Å². The fourth-order valence-corrected chi connectivity index (χ4v) is 2.18. The van der Waals surface area contributed by atoms with E-state index in [9.17, 15) is 19.5 Å². The Bertz CT molecular complexity index is 857. The number of benzene rings is 1. The predicted molar refractivity (Wildman–Crippen MR) is 89.3 cm³/mol. The number of ether oxygens (including phenoxy) is 3. The number of aromatic carboxylic acids is 1. The molecule has 1 N–H and O–H groups in total. The number of methoxy groups -OCH3 is 2. The van der Waals surface area contributed by atoms with Gasteiger partial charge in [-0.05, 0) is 12.1 Å². The van der Waals surface area contributed by atoms with Crippen LogP contribution in [0.3, 0.4) is 0 Å². The smallest absolute Gasteiger partial charge is 0.358 e. The number of aromatic nitrogens is 2. The SMILES string of the molecule is COC(Cc1nc(C(=O)O)c(OC(=O)c2ccccc2)c(=O)n1C)OC. The normalized spacial score (nSPS) is 10.8. The Morgan fingerprint density at radius 2 is 1.81 bits per heavy atom. The summed E-state index contributed by atoms with van der Waals surface area (Å²) in [7, 11) is 4.19. The van der Waals surface area contributed by atoms with Crippen LogP contribution in [0.1, 0.15) is 26.7 Å². The van der Waals surface area contributed by atoms with Crippen LogP contribution in [0.25, 0.3) is 0 Å². The van der Waals surface area contributed by atoms with Gasteiger partial charge < -0.3 is 19.3 Å². The summed E-state index contributed by atoms with van der Waals surface area (Å²) >= 11 is 0. The minimum absolute atomic E-state index is 0.0337. The third-order valence-corrected chi connectivity index (χ3v) is 3.62. The number of hydrogen-bond donors (Lipinski definition) is 1. The van der Waals surface area contributed by atoms with E-state index in [2.05, 4.69) is 4.98 Å². The third kappa shape index (κ3) is 4.13. The van der Waals surface area contributed by atoms with Crippen LogP contribution >= 0.6 is 0 Å². The monoisotopic (exact) mass is 362 g/mol. The molecule has 2 rings (SSSR count). The molecule has 0 spiro atoms. The highest BCUT2D eigenvalue weighted by Gasteiger charge is 2.25. The first kappa shape index (κ1) is 19.3. The second-order valence-corrected chi connectivity index (χ2v) is 5.24. The largest absolute Gasteiger partial charge is 0.476 e. The molecule has 0 aliphatic carbocycles. The van der Waals surface area contributed by atoms with Crippen LogP contribution in [-0.2, 0) is 22.9 Å². The van der Waals surface area contributed by atoms with Gasteiger partial charge in [0.05, 0.1) is 12.0 Å². The van der Waals surface area contributed by atoms with Crippen molar-refractivity contribution in [3.63, 3.8) is 0 Å². The van der Waals surface area contributed by atoms with Gasteiger partial charge in [-0.3, -0.25) is 9.36 Å². The number of carboxylic acids is 1. The quantitative estimate of drug-likeness (QED) is 0.569. The van der Waals surface area contributed by atoms with Crippen LogP contribution in [0.5, 0.6) is 5.75 Å². The summed E-state index contributed by atoms with van der Waals surface area (Å²) in [5.74, 6) is -2.89. The Hall–Kier alpha value is -3.04. The van der Waals surface area contributed by atoms with Crippen molar-refractivity contribution in [1.29, 1.82) is 0 Å². The van der Waals surface area contributed by atoms with Crippen LogP contribution < -0.4 is 10.3 Å². The van der Waals surface area contributed by atoms with E-state index in [4.69, 9.17) is 14.2 Å². The Morgan fingerprint density at radius 1 is 1.19 bits per heavy atom. The molecule has 1 aromatic heterocycles. The summed E-state index contributed by atoms with van der Waals surface area (Å²) in [6.07, 6.45) is -0.682. The summed E-state index contributed by atoms with van der Waals surface area (Å²) in [5.41, 5.74) is -1.28. The highest BCUT2D eigenvalue weighted by Crippen LogP contribution is 2.15. The molecule has 0 fully saturated rings. The van der Waals surface area contributed by atoms with E-state index in [1.54, 1.807) is 18.2 Å². The van der Waals surface area contributed by atoms with Crippen LogP contribution in [-0.4, -0.2) is 47.1 Å². The van der Waals surface area contributed by atoms with E-state index in [0.29, 0.717) is 0 Å². The number of esters is 1. The van der Waals surface area contributed by atoms with Gasteiger partial charge in [-0.2, -0.15) is 0 Å². The second kappa shape index (κ2) is 8.37. The number of hydrogen-bond acceptors (Lipinski definition) is 7. The van der Waals surface area contributed by atoms with Crippen molar-refractivity contribution in [2.45, 2.75) is 12.7 Å². The molecule has 1 heterocycles. The third-order valence-electron chi connectivity index (χ3n) is 3.62. The average Bonchev–Trinajstić information content (AvgIpc) is 2.65. The van der Waals surface area contributed by atoms with E-state index in [1.165, 1.54) is 33.4 Å². The first-order valence-electron chi connectivity index (χ1n) is 7.55. The zero-order valence-corrected chi connectivity index (χ0v) is 14.5. The summed E-state index contributed by atoms with van der Waals surface area (Å²) in [6.45, 7) is 0. The number of carboxylic acid groups (broad SMARTS) is 1. The van der Waals surface area contributed by atoms with Gasteiger partial charge in [0.25, 0.3) is 5.56 Å². The average molecular weight is 362 g/mol. The lowest BCUT2D eigenvalue weighted by atomic mass is 10.2. The van der Waals surface area contributed by atoms with Crippen molar-refractivity contribution in [2.75, 3.05) is 14.2 Å². The summed E-state index contributed by atoms with van der Waals surface area (Å²) < 4.78 is 16.2. The molecule has 138 valence electrons. The van der Waals surface area contributed by atoms with Crippen molar-refractivity contribution < 1.29 is 28.9 Å². The molecular formula is C17H18N2O7. The first-order chi connectivity index (χ1) is 12.4. The van der Waals surface area contributed by atoms with Crippen molar-refractivity contribution in [3.05, 3.63) is 57.8 Å². The molecule has 26 heavy (non-hydrogen) atoms. The van der Waals surface area contributed by atoms with Crippen LogP contribution in [0.4, 0.5) is 0 Å². The maximum atomic E-state index is 12.5. The summed E-state index contributed by atoms with van der Waals surface area (Å²) in [5, 5.41) is 9.37. The number of carbonyl (C=O) groups excluding carboxylic acids is 1. The van der Waals surface area contributed by atoms with E-state index >= 15 is 0 Å². The van der Waals surface area contributed by atoms with Gasteiger partial charge in [-0.1, -0.05) is 18.2 Å². The fourth-order valence-electron chi connectivity index (χ4n) is 2.18. The molecule has 9 nitrogen and oxygen atoms in total. The number of rotatable bonds is 7. The summed E-state index contributed by atoms with van der Waals surface area (Å²) in [6, 6.07) is 7.90. The standard InChI is InChI=1S/C17H18N2O7/c1-19-11(9-12(24-2)25-3)18-13(16(21)22)14(15(19)20)26-17(23)10-7-5-4-6-8-10/h4-8,12H,9H2,1-3H3,(H,21,22). The Labute approximate surface area is 148 Å². The Kier molecular flexibility index (Phi) is 6.21. The van der Waals surface area contributed by atoms with Crippen molar-refractivity contribution in [3.8, 4) is 5.75 Å². The van der Waals surface area contributed by atoms with Crippen molar-refractivity contribution >= 4 is 11.9 Å². The van der Waals surface area contributed by atoms with Gasteiger partial charge in [-0.15, -0.1) is 0 Å². The molecule has 0 aliphatic heterocycles. The lowest BCUT2D eigenvalue weighted by Crippen LogP contribution is -2.31. The topological polar surface area (TPSA) is 117 Å². The molecular weight excluding hydrogens is 344 g/mol. The highest BCUT2D eigenvalue weighted by atomic mass is 16.7. The van der Waals surface area contributed by atoms with E-state index in [-0.39, 0.29) is 17.8 Å². The fraction of sp³-hybridized carbons (Fsp3) is 0.294. The molecule has 0 amide bonds. The molecule has 0 atom stereocenters. The minimum Gasteiger partial charge on any atom is -0.476 e. The highest BCUT2D eigenvalue weighted by molar-refractivity contribution is 5.94. The molecule has 1 aromatic carbocycles. The van der Waals surface area contributed by atoms with Gasteiger partial charge in [0.15, 0.2) is 12.0 Å². The molecule has 0 saturated carbocycles. The van der Waals surface area contributed by atoms with E-state index < -0.39 is 35.2 Å². The predicted octanol–water partition coefficient (Wildman–Crippen LogP) is 0.859.